The molecule has 1 aromatic carbocycles. The third-order valence-electron chi connectivity index (χ3n) is 8.73. The van der Waals surface area contributed by atoms with Crippen molar-refractivity contribution in [3.63, 3.8) is 0 Å². The van der Waals surface area contributed by atoms with E-state index in [0.717, 1.165) is 37.2 Å². The molecule has 38 heavy (non-hydrogen) atoms. The van der Waals surface area contributed by atoms with Crippen molar-refractivity contribution in [3.8, 4) is 0 Å². The van der Waals surface area contributed by atoms with Gasteiger partial charge in [-0.05, 0) is 42.7 Å². The lowest BCUT2D eigenvalue weighted by molar-refractivity contribution is 0.0898. The third-order valence-corrected chi connectivity index (χ3v) is 8.73. The first-order valence-electron chi connectivity index (χ1n) is 14.4. The number of hydrogen-bond acceptors (Lipinski definition) is 7. The number of oxazole rings is 1. The highest BCUT2D eigenvalue weighted by Gasteiger charge is 2.51. The number of unbranched alkanes of at least 4 members (excludes halogenated alkanes) is 1. The van der Waals surface area contributed by atoms with E-state index in [1.54, 1.807) is 0 Å². The van der Waals surface area contributed by atoms with Crippen molar-refractivity contribution in [2.75, 3.05) is 6.54 Å². The minimum atomic E-state index is -0.146. The molecule has 0 radical (unpaired) electrons. The minimum absolute atomic E-state index is 0.0617. The Bertz CT molecular complexity index is 1190. The maximum absolute atomic E-state index is 12.8. The Kier molecular flexibility index (Phi) is 7.81. The fourth-order valence-corrected chi connectivity index (χ4v) is 6.83. The van der Waals surface area contributed by atoms with E-state index in [2.05, 4.69) is 55.2 Å². The van der Waals surface area contributed by atoms with Crippen LogP contribution >= 0.6 is 0 Å². The van der Waals surface area contributed by atoms with Crippen molar-refractivity contribution in [1.29, 1.82) is 0 Å². The summed E-state index contributed by atoms with van der Waals surface area (Å²) in [5.41, 5.74) is 2.77. The van der Waals surface area contributed by atoms with Crippen LogP contribution < -0.4 is 5.32 Å². The van der Waals surface area contributed by atoms with Gasteiger partial charge >= 0.3 is 0 Å². The molecule has 202 valence electrons. The maximum Gasteiger partial charge on any atom is 0.273 e. The van der Waals surface area contributed by atoms with Crippen molar-refractivity contribution < 1.29 is 13.9 Å². The number of carbonyl (C=O) groups is 1. The van der Waals surface area contributed by atoms with Gasteiger partial charge < -0.3 is 14.5 Å². The summed E-state index contributed by atoms with van der Waals surface area (Å²) in [6.45, 7) is 0.688. The molecular formula is C29H38N6O3. The van der Waals surface area contributed by atoms with Crippen LogP contribution in [0.4, 0.5) is 0 Å². The molecule has 2 N–H and O–H groups in total. The Morgan fingerprint density at radius 3 is 2.79 bits per heavy atom. The van der Waals surface area contributed by atoms with E-state index in [1.165, 1.54) is 56.8 Å². The number of H-pyrrole nitrogens is 1. The Labute approximate surface area is 223 Å². The second-order valence-corrected chi connectivity index (χ2v) is 11.3. The number of fused-ring (bicyclic) bond motifs is 2. The van der Waals surface area contributed by atoms with Crippen LogP contribution in [0.15, 0.2) is 34.9 Å². The van der Waals surface area contributed by atoms with E-state index in [4.69, 9.17) is 9.15 Å². The number of hydrogen-bond donors (Lipinski definition) is 2. The standard InChI is InChI=1S/C29H38N6O3/c36-28(30-14-5-4-9-19-7-2-1-3-8-19)23-18-37-29(31-23)27-22(24-12-13-25(27)38-24)16-20-10-6-11-21(15-20)17-26-32-34-35-33-26/h6,10-11,15,18-19,22,24-25,27H,1-5,7-9,12-14,16-17H2,(H,30,36)(H,32,33,34,35)/t22-,24-,25+,27-/m0/s1. The summed E-state index contributed by atoms with van der Waals surface area (Å²) in [5.74, 6) is 2.38. The van der Waals surface area contributed by atoms with Crippen LogP contribution in [0.25, 0.3) is 0 Å². The molecule has 3 aromatic rings. The second kappa shape index (κ2) is 11.8. The molecule has 1 amide bonds. The molecule has 3 aliphatic rings. The fraction of sp³-hybridized carbons (Fsp3) is 0.621. The Hall–Kier alpha value is -3.07. The SMILES string of the molecule is O=C(NCCCCC1CCCCC1)c1coc([C@H]2[C@@H](Cc3cccc(Cc4nn[nH]n4)c3)[C@@H]3CC[C@H]2O3)n1. The molecule has 1 aliphatic carbocycles. The molecule has 6 rings (SSSR count). The van der Waals surface area contributed by atoms with Crippen LogP contribution in [0.1, 0.15) is 103 Å². The molecule has 2 aliphatic heterocycles. The zero-order valence-corrected chi connectivity index (χ0v) is 22.0. The third kappa shape index (κ3) is 5.82. The molecule has 2 saturated heterocycles. The summed E-state index contributed by atoms with van der Waals surface area (Å²) in [4.78, 5) is 17.4. The summed E-state index contributed by atoms with van der Waals surface area (Å²) < 4.78 is 12.2. The van der Waals surface area contributed by atoms with Gasteiger partial charge in [-0.3, -0.25) is 4.79 Å². The highest BCUT2D eigenvalue weighted by molar-refractivity contribution is 5.91. The molecule has 2 bridgehead atoms. The summed E-state index contributed by atoms with van der Waals surface area (Å²) in [6.07, 6.45) is 15.8. The molecule has 1 saturated carbocycles. The monoisotopic (exact) mass is 518 g/mol. The van der Waals surface area contributed by atoms with Crippen LogP contribution in [-0.2, 0) is 17.6 Å². The van der Waals surface area contributed by atoms with Crippen LogP contribution in [0.5, 0.6) is 0 Å². The van der Waals surface area contributed by atoms with Crippen molar-refractivity contribution in [2.45, 2.75) is 95.2 Å². The van der Waals surface area contributed by atoms with Gasteiger partial charge in [0.2, 0.25) is 5.89 Å². The van der Waals surface area contributed by atoms with Crippen molar-refractivity contribution in [2.24, 2.45) is 11.8 Å². The summed E-state index contributed by atoms with van der Waals surface area (Å²) in [5, 5.41) is 17.3. The van der Waals surface area contributed by atoms with Crippen molar-refractivity contribution in [3.05, 3.63) is 59.1 Å². The quantitative estimate of drug-likeness (QED) is 0.351. The average molecular weight is 519 g/mol. The summed E-state index contributed by atoms with van der Waals surface area (Å²) >= 11 is 0. The maximum atomic E-state index is 12.8. The largest absolute Gasteiger partial charge is 0.448 e. The fourth-order valence-electron chi connectivity index (χ4n) is 6.83. The normalized spacial score (nSPS) is 25.2. The molecule has 9 nitrogen and oxygen atoms in total. The number of amides is 1. The first kappa shape index (κ1) is 25.2. The van der Waals surface area contributed by atoms with Gasteiger partial charge in [0.1, 0.15) is 6.26 Å². The van der Waals surface area contributed by atoms with Gasteiger partial charge in [0.05, 0.1) is 18.1 Å². The van der Waals surface area contributed by atoms with Gasteiger partial charge in [-0.1, -0.05) is 74.4 Å². The van der Waals surface area contributed by atoms with E-state index >= 15 is 0 Å². The molecular weight excluding hydrogens is 480 g/mol. The number of ether oxygens (including phenoxy) is 1. The van der Waals surface area contributed by atoms with E-state index in [1.807, 2.05) is 0 Å². The second-order valence-electron chi connectivity index (χ2n) is 11.3. The Balaban J connectivity index is 1.04. The van der Waals surface area contributed by atoms with Crippen LogP contribution in [0.3, 0.4) is 0 Å². The molecule has 3 fully saturated rings. The highest BCUT2D eigenvalue weighted by Crippen LogP contribution is 2.49. The molecule has 2 aromatic heterocycles. The smallest absolute Gasteiger partial charge is 0.273 e. The lowest BCUT2D eigenvalue weighted by Gasteiger charge is -2.26. The zero-order chi connectivity index (χ0) is 25.7. The summed E-state index contributed by atoms with van der Waals surface area (Å²) in [7, 11) is 0. The molecule has 0 unspecified atom stereocenters. The topological polar surface area (TPSA) is 119 Å². The molecule has 4 heterocycles. The number of nitrogens with one attached hydrogen (secondary N) is 2. The van der Waals surface area contributed by atoms with E-state index in [9.17, 15) is 4.79 Å². The zero-order valence-electron chi connectivity index (χ0n) is 22.0. The Morgan fingerprint density at radius 1 is 1.05 bits per heavy atom. The lowest BCUT2D eigenvalue weighted by Crippen LogP contribution is -2.28. The summed E-state index contributed by atoms with van der Waals surface area (Å²) in [6, 6.07) is 8.54. The number of benzene rings is 1. The van der Waals surface area contributed by atoms with Gasteiger partial charge in [-0.25, -0.2) is 4.98 Å². The first-order chi connectivity index (χ1) is 18.7. The number of aromatic nitrogens is 5. The average Bonchev–Trinajstić information content (AvgIpc) is 3.75. The molecule has 9 heteroatoms. The number of aromatic amines is 1. The van der Waals surface area contributed by atoms with Gasteiger partial charge in [-0.15, -0.1) is 10.2 Å². The molecule has 4 atom stereocenters. The lowest BCUT2D eigenvalue weighted by atomic mass is 9.76. The number of nitrogens with zero attached hydrogens (tertiary/aromatic N) is 4. The predicted molar refractivity (Wildman–Crippen MR) is 141 cm³/mol. The van der Waals surface area contributed by atoms with E-state index in [-0.39, 0.29) is 30.0 Å². The number of tetrazole rings is 1. The Morgan fingerprint density at radius 2 is 1.92 bits per heavy atom. The number of rotatable bonds is 11. The number of carbonyl (C=O) groups excluding carboxylic acids is 1. The van der Waals surface area contributed by atoms with Crippen molar-refractivity contribution in [1.82, 2.24) is 30.9 Å². The predicted octanol–water partition coefficient (Wildman–Crippen LogP) is 4.76. The van der Waals surface area contributed by atoms with E-state index < -0.39 is 0 Å². The van der Waals surface area contributed by atoms with E-state index in [0.29, 0.717) is 30.4 Å². The van der Waals surface area contributed by atoms with Gasteiger partial charge in [0.15, 0.2) is 11.5 Å². The highest BCUT2D eigenvalue weighted by atomic mass is 16.5. The van der Waals surface area contributed by atoms with Crippen LogP contribution in [0.2, 0.25) is 0 Å². The molecule has 0 spiro atoms. The van der Waals surface area contributed by atoms with Gasteiger partial charge in [0.25, 0.3) is 5.91 Å². The van der Waals surface area contributed by atoms with Crippen LogP contribution in [-0.4, -0.2) is 50.3 Å². The van der Waals surface area contributed by atoms with Gasteiger partial charge in [0, 0.05) is 18.9 Å². The first-order valence-corrected chi connectivity index (χ1v) is 14.4. The van der Waals surface area contributed by atoms with Gasteiger partial charge in [-0.2, -0.15) is 5.21 Å². The van der Waals surface area contributed by atoms with Crippen LogP contribution in [0, 0.1) is 11.8 Å². The minimum Gasteiger partial charge on any atom is -0.448 e. The van der Waals surface area contributed by atoms with Crippen molar-refractivity contribution >= 4 is 5.91 Å².